The molecule has 0 bridgehead atoms. The lowest BCUT2D eigenvalue weighted by Crippen LogP contribution is -2.22. The Labute approximate surface area is 110 Å². The minimum absolute atomic E-state index is 0.167. The summed E-state index contributed by atoms with van der Waals surface area (Å²) in [6.45, 7) is 12.5. The van der Waals surface area contributed by atoms with E-state index in [0.717, 1.165) is 23.4 Å². The van der Waals surface area contributed by atoms with Gasteiger partial charge in [0, 0.05) is 11.1 Å². The van der Waals surface area contributed by atoms with Gasteiger partial charge in [-0.1, -0.05) is 27.7 Å². The summed E-state index contributed by atoms with van der Waals surface area (Å²) >= 11 is 0. The van der Waals surface area contributed by atoms with Crippen molar-refractivity contribution in [3.63, 3.8) is 0 Å². The Morgan fingerprint density at radius 3 is 2.39 bits per heavy atom. The van der Waals surface area contributed by atoms with Gasteiger partial charge in [0.15, 0.2) is 0 Å². The Balaban J connectivity index is 3.39. The molecule has 0 atom stereocenters. The molecule has 1 rings (SSSR count). The number of hydrogen-bond donors (Lipinski definition) is 0. The topological polar surface area (TPSA) is 39.2 Å². The quantitative estimate of drug-likeness (QED) is 0.770. The van der Waals surface area contributed by atoms with Gasteiger partial charge in [-0.05, 0) is 31.9 Å². The van der Waals surface area contributed by atoms with E-state index in [9.17, 15) is 4.79 Å². The maximum Gasteiger partial charge on any atom is 0.340 e. The second kappa shape index (κ2) is 5.51. The van der Waals surface area contributed by atoms with E-state index in [2.05, 4.69) is 32.7 Å². The van der Waals surface area contributed by atoms with Crippen molar-refractivity contribution in [3.05, 3.63) is 28.6 Å². The van der Waals surface area contributed by atoms with Gasteiger partial charge in [0.05, 0.1) is 17.9 Å². The van der Waals surface area contributed by atoms with Crippen LogP contribution < -0.4 is 0 Å². The molecule has 0 spiro atoms. The highest BCUT2D eigenvalue weighted by Gasteiger charge is 2.25. The van der Waals surface area contributed by atoms with Gasteiger partial charge in [0.25, 0.3) is 0 Å². The van der Waals surface area contributed by atoms with Crippen molar-refractivity contribution in [1.82, 2.24) is 4.98 Å². The largest absolute Gasteiger partial charge is 0.462 e. The number of nitrogens with zero attached hydrogens (tertiary/aromatic N) is 1. The Morgan fingerprint density at radius 2 is 1.94 bits per heavy atom. The van der Waals surface area contributed by atoms with Crippen LogP contribution in [0.5, 0.6) is 0 Å². The van der Waals surface area contributed by atoms with E-state index in [4.69, 9.17) is 4.74 Å². The summed E-state index contributed by atoms with van der Waals surface area (Å²) in [5.41, 5.74) is 3.35. The molecule has 18 heavy (non-hydrogen) atoms. The number of carbonyl (C=O) groups excluding carboxylic acids is 1. The fourth-order valence-corrected chi connectivity index (χ4v) is 1.95. The Kier molecular flexibility index (Phi) is 4.49. The molecule has 0 unspecified atom stereocenters. The first kappa shape index (κ1) is 14.7. The molecule has 0 amide bonds. The van der Waals surface area contributed by atoms with E-state index in [0.29, 0.717) is 12.2 Å². The smallest absolute Gasteiger partial charge is 0.340 e. The van der Waals surface area contributed by atoms with Crippen LogP contribution in [-0.2, 0) is 16.6 Å². The highest BCUT2D eigenvalue weighted by Crippen LogP contribution is 2.26. The van der Waals surface area contributed by atoms with Gasteiger partial charge in [-0.15, -0.1) is 0 Å². The summed E-state index contributed by atoms with van der Waals surface area (Å²) in [4.78, 5) is 16.7. The molecule has 0 aromatic carbocycles. The lowest BCUT2D eigenvalue weighted by Gasteiger charge is -2.22. The van der Waals surface area contributed by atoms with Crippen LogP contribution in [0.15, 0.2) is 6.07 Å². The molecule has 0 fully saturated rings. The van der Waals surface area contributed by atoms with E-state index in [1.165, 1.54) is 0 Å². The van der Waals surface area contributed by atoms with Crippen LogP contribution in [0.1, 0.15) is 61.9 Å². The number of ether oxygens (including phenoxy) is 1. The highest BCUT2D eigenvalue weighted by atomic mass is 16.5. The van der Waals surface area contributed by atoms with Crippen LogP contribution in [0.2, 0.25) is 0 Å². The Hall–Kier alpha value is -1.38. The number of hydrogen-bond acceptors (Lipinski definition) is 3. The second-order valence-corrected chi connectivity index (χ2v) is 5.47. The molecule has 0 aliphatic rings. The molecule has 3 nitrogen and oxygen atoms in total. The molecule has 0 aliphatic carbocycles. The first-order valence-electron chi connectivity index (χ1n) is 6.49. The molecular weight excluding hydrogens is 226 g/mol. The summed E-state index contributed by atoms with van der Waals surface area (Å²) in [5.74, 6) is -0.277. The van der Waals surface area contributed by atoms with Gasteiger partial charge in [0.1, 0.15) is 0 Å². The van der Waals surface area contributed by atoms with Gasteiger partial charge in [-0.25, -0.2) is 4.79 Å². The summed E-state index contributed by atoms with van der Waals surface area (Å²) in [5, 5.41) is 0. The van der Waals surface area contributed by atoms with Crippen molar-refractivity contribution in [2.45, 2.75) is 53.4 Å². The van der Waals surface area contributed by atoms with E-state index < -0.39 is 0 Å². The van der Waals surface area contributed by atoms with Gasteiger partial charge >= 0.3 is 5.97 Å². The molecule has 0 radical (unpaired) electrons. The SMILES string of the molecule is CCOC(=O)c1cc(C)c(CC)nc1C(C)(C)C. The second-order valence-electron chi connectivity index (χ2n) is 5.47. The maximum atomic E-state index is 12.0. The Bertz CT molecular complexity index is 445. The summed E-state index contributed by atoms with van der Waals surface area (Å²) in [7, 11) is 0. The predicted octanol–water partition coefficient (Wildman–Crippen LogP) is 3.43. The summed E-state index contributed by atoms with van der Waals surface area (Å²) < 4.78 is 5.11. The highest BCUT2D eigenvalue weighted by molar-refractivity contribution is 5.91. The zero-order valence-corrected chi connectivity index (χ0v) is 12.3. The number of carbonyl (C=O) groups is 1. The molecule has 1 heterocycles. The molecule has 0 N–H and O–H groups in total. The molecule has 1 aromatic heterocycles. The molecule has 0 aliphatic heterocycles. The monoisotopic (exact) mass is 249 g/mol. The Morgan fingerprint density at radius 1 is 1.33 bits per heavy atom. The molecule has 100 valence electrons. The van der Waals surface area contributed by atoms with Crippen LogP contribution in [0.3, 0.4) is 0 Å². The zero-order chi connectivity index (χ0) is 13.9. The maximum absolute atomic E-state index is 12.0. The van der Waals surface area contributed by atoms with Crippen molar-refractivity contribution in [3.8, 4) is 0 Å². The fraction of sp³-hybridized carbons (Fsp3) is 0.600. The van der Waals surface area contributed by atoms with E-state index in [1.807, 2.05) is 19.9 Å². The van der Waals surface area contributed by atoms with Crippen molar-refractivity contribution >= 4 is 5.97 Å². The number of aromatic nitrogens is 1. The minimum Gasteiger partial charge on any atom is -0.462 e. The average molecular weight is 249 g/mol. The van der Waals surface area contributed by atoms with E-state index in [1.54, 1.807) is 0 Å². The van der Waals surface area contributed by atoms with Gasteiger partial charge < -0.3 is 4.74 Å². The lowest BCUT2D eigenvalue weighted by atomic mass is 9.87. The number of aryl methyl sites for hydroxylation is 2. The number of rotatable bonds is 3. The standard InChI is InChI=1S/C15H23NO2/c1-7-12-10(3)9-11(14(17)18-8-2)13(16-12)15(4,5)6/h9H,7-8H2,1-6H3. The minimum atomic E-state index is -0.277. The number of esters is 1. The van der Waals surface area contributed by atoms with Gasteiger partial charge in [-0.3, -0.25) is 4.98 Å². The van der Waals surface area contributed by atoms with Gasteiger partial charge in [-0.2, -0.15) is 0 Å². The third-order valence-corrected chi connectivity index (χ3v) is 2.86. The molecule has 0 saturated heterocycles. The van der Waals surface area contributed by atoms with Crippen molar-refractivity contribution in [2.24, 2.45) is 0 Å². The van der Waals surface area contributed by atoms with Crippen LogP contribution in [-0.4, -0.2) is 17.6 Å². The summed E-state index contributed by atoms with van der Waals surface area (Å²) in [6, 6.07) is 1.91. The lowest BCUT2D eigenvalue weighted by molar-refractivity contribution is 0.0522. The fourth-order valence-electron chi connectivity index (χ4n) is 1.95. The first-order valence-corrected chi connectivity index (χ1v) is 6.49. The molecule has 1 aromatic rings. The molecule has 3 heteroatoms. The summed E-state index contributed by atoms with van der Waals surface area (Å²) in [6.07, 6.45) is 0.873. The van der Waals surface area contributed by atoms with Crippen LogP contribution in [0.25, 0.3) is 0 Å². The normalized spacial score (nSPS) is 11.4. The molecular formula is C15H23NO2. The first-order chi connectivity index (χ1) is 8.31. The van der Waals surface area contributed by atoms with Crippen LogP contribution in [0, 0.1) is 6.92 Å². The average Bonchev–Trinajstić information content (AvgIpc) is 2.27. The van der Waals surface area contributed by atoms with Crippen molar-refractivity contribution in [1.29, 1.82) is 0 Å². The van der Waals surface area contributed by atoms with Crippen molar-refractivity contribution in [2.75, 3.05) is 6.61 Å². The zero-order valence-electron chi connectivity index (χ0n) is 12.3. The predicted molar refractivity (Wildman–Crippen MR) is 73.0 cm³/mol. The molecule has 0 saturated carbocycles. The van der Waals surface area contributed by atoms with Crippen molar-refractivity contribution < 1.29 is 9.53 Å². The third-order valence-electron chi connectivity index (χ3n) is 2.86. The van der Waals surface area contributed by atoms with E-state index in [-0.39, 0.29) is 11.4 Å². The van der Waals surface area contributed by atoms with Gasteiger partial charge in [0.2, 0.25) is 0 Å². The number of pyridine rings is 1. The van der Waals surface area contributed by atoms with E-state index >= 15 is 0 Å². The van der Waals surface area contributed by atoms with Crippen LogP contribution >= 0.6 is 0 Å². The van der Waals surface area contributed by atoms with Crippen LogP contribution in [0.4, 0.5) is 0 Å². The third kappa shape index (κ3) is 3.09.